The molecule has 0 unspecified atom stereocenters. The van der Waals surface area contributed by atoms with Crippen molar-refractivity contribution in [2.24, 2.45) is 0 Å². The van der Waals surface area contributed by atoms with E-state index in [4.69, 9.17) is 0 Å². The Bertz CT molecular complexity index is 782. The quantitative estimate of drug-likeness (QED) is 0.685. The summed E-state index contributed by atoms with van der Waals surface area (Å²) in [5.41, 5.74) is 0.778. The van der Waals surface area contributed by atoms with E-state index in [9.17, 15) is 4.79 Å². The van der Waals surface area contributed by atoms with E-state index in [0.717, 1.165) is 16.4 Å². The Labute approximate surface area is 142 Å². The first-order valence-electron chi connectivity index (χ1n) is 7.06. The lowest BCUT2D eigenvalue weighted by Gasteiger charge is -2.21. The van der Waals surface area contributed by atoms with Crippen LogP contribution in [0.4, 0.5) is 5.69 Å². The summed E-state index contributed by atoms with van der Waals surface area (Å²) in [6.45, 7) is 3.72. The predicted octanol–water partition coefficient (Wildman–Crippen LogP) is 4.04. The van der Waals surface area contributed by atoms with Crippen molar-refractivity contribution in [2.45, 2.75) is 23.8 Å². The molecular formula is C16H16N4OS2. The number of amides is 1. The number of benzene rings is 1. The summed E-state index contributed by atoms with van der Waals surface area (Å²) in [7, 11) is 0. The molecular weight excluding hydrogens is 328 g/mol. The van der Waals surface area contributed by atoms with Gasteiger partial charge in [-0.05, 0) is 37.4 Å². The molecule has 23 heavy (non-hydrogen) atoms. The molecule has 2 aromatic heterocycles. The molecule has 5 nitrogen and oxygen atoms in total. The van der Waals surface area contributed by atoms with Crippen LogP contribution in [0.1, 0.15) is 13.8 Å². The van der Waals surface area contributed by atoms with Crippen LogP contribution in [-0.2, 0) is 4.79 Å². The van der Waals surface area contributed by atoms with Gasteiger partial charge >= 0.3 is 0 Å². The van der Waals surface area contributed by atoms with Gasteiger partial charge in [-0.2, -0.15) is 0 Å². The molecule has 0 radical (unpaired) electrons. The Balaban J connectivity index is 1.69. The Morgan fingerprint density at radius 2 is 2.00 bits per heavy atom. The topological polar surface area (TPSA) is 70.7 Å². The number of aromatic nitrogens is 3. The summed E-state index contributed by atoms with van der Waals surface area (Å²) in [5, 5.41) is 12.6. The molecule has 3 aromatic rings. The number of aromatic amines is 1. The number of nitrogens with zero attached hydrogens (tertiary/aromatic N) is 2. The Morgan fingerprint density at radius 1 is 1.22 bits per heavy atom. The first kappa shape index (κ1) is 15.8. The van der Waals surface area contributed by atoms with Crippen LogP contribution < -0.4 is 5.32 Å². The second-order valence-electron chi connectivity index (χ2n) is 5.38. The lowest BCUT2D eigenvalue weighted by atomic mass is 10.2. The van der Waals surface area contributed by atoms with Crippen LogP contribution in [0.5, 0.6) is 0 Å². The van der Waals surface area contributed by atoms with Gasteiger partial charge in [0.2, 0.25) is 11.1 Å². The molecule has 1 aromatic carbocycles. The number of hydrogen-bond donors (Lipinski definition) is 2. The van der Waals surface area contributed by atoms with Crippen molar-refractivity contribution >= 4 is 34.7 Å². The number of para-hydroxylation sites is 1. The highest BCUT2D eigenvalue weighted by molar-refractivity contribution is 8.01. The van der Waals surface area contributed by atoms with Crippen LogP contribution in [-0.4, -0.2) is 25.8 Å². The number of anilines is 1. The van der Waals surface area contributed by atoms with E-state index < -0.39 is 4.75 Å². The minimum atomic E-state index is -0.690. The Hall–Kier alpha value is -2.12. The molecule has 2 heterocycles. The molecule has 1 amide bonds. The normalized spacial score (nSPS) is 11.4. The molecule has 7 heteroatoms. The lowest BCUT2D eigenvalue weighted by Crippen LogP contribution is -2.34. The average Bonchev–Trinajstić information content (AvgIpc) is 3.18. The summed E-state index contributed by atoms with van der Waals surface area (Å²) in [6.07, 6.45) is 0. The summed E-state index contributed by atoms with van der Waals surface area (Å²) >= 11 is 2.92. The maximum Gasteiger partial charge on any atom is 0.240 e. The van der Waals surface area contributed by atoms with Gasteiger partial charge in [0.15, 0.2) is 5.82 Å². The fourth-order valence-electron chi connectivity index (χ4n) is 1.89. The van der Waals surface area contributed by atoms with Crippen LogP contribution in [0.15, 0.2) is 53.0 Å². The van der Waals surface area contributed by atoms with Gasteiger partial charge in [0.05, 0.1) is 9.62 Å². The van der Waals surface area contributed by atoms with Gasteiger partial charge in [0, 0.05) is 5.69 Å². The van der Waals surface area contributed by atoms with Crippen molar-refractivity contribution in [1.82, 2.24) is 15.2 Å². The number of rotatable bonds is 5. The van der Waals surface area contributed by atoms with E-state index in [-0.39, 0.29) is 5.91 Å². The van der Waals surface area contributed by atoms with Gasteiger partial charge in [0.25, 0.3) is 0 Å². The summed E-state index contributed by atoms with van der Waals surface area (Å²) in [5.74, 6) is 0.637. The lowest BCUT2D eigenvalue weighted by molar-refractivity contribution is -0.117. The van der Waals surface area contributed by atoms with Crippen molar-refractivity contribution < 1.29 is 4.79 Å². The van der Waals surface area contributed by atoms with E-state index in [1.54, 1.807) is 11.3 Å². The monoisotopic (exact) mass is 344 g/mol. The zero-order valence-electron chi connectivity index (χ0n) is 12.7. The van der Waals surface area contributed by atoms with Gasteiger partial charge in [-0.15, -0.1) is 16.4 Å². The molecule has 0 aliphatic rings. The molecule has 0 bridgehead atoms. The fourth-order valence-corrected chi connectivity index (χ4v) is 3.39. The smallest absolute Gasteiger partial charge is 0.240 e. The first-order valence-corrected chi connectivity index (χ1v) is 8.76. The second kappa shape index (κ2) is 6.55. The SMILES string of the molecule is CC(C)(Sc1n[nH]c(-c2cccs2)n1)C(=O)Nc1ccccc1. The zero-order chi connectivity index (χ0) is 16.3. The largest absolute Gasteiger partial charge is 0.325 e. The van der Waals surface area contributed by atoms with Crippen LogP contribution in [0.3, 0.4) is 0 Å². The minimum Gasteiger partial charge on any atom is -0.325 e. The van der Waals surface area contributed by atoms with E-state index in [2.05, 4.69) is 20.5 Å². The van der Waals surface area contributed by atoms with Crippen molar-refractivity contribution in [2.75, 3.05) is 5.32 Å². The highest BCUT2D eigenvalue weighted by atomic mass is 32.2. The molecule has 0 fully saturated rings. The summed E-state index contributed by atoms with van der Waals surface area (Å²) < 4.78 is -0.690. The molecule has 0 aliphatic carbocycles. The van der Waals surface area contributed by atoms with Gasteiger partial charge in [-0.1, -0.05) is 36.0 Å². The number of carbonyl (C=O) groups is 1. The number of nitrogens with one attached hydrogen (secondary N) is 2. The van der Waals surface area contributed by atoms with Crippen LogP contribution >= 0.6 is 23.1 Å². The zero-order valence-corrected chi connectivity index (χ0v) is 14.4. The van der Waals surface area contributed by atoms with Gasteiger partial charge in [-0.25, -0.2) is 4.98 Å². The second-order valence-corrected chi connectivity index (χ2v) is 7.91. The highest BCUT2D eigenvalue weighted by Crippen LogP contribution is 2.32. The van der Waals surface area contributed by atoms with Crippen molar-refractivity contribution in [3.05, 3.63) is 47.8 Å². The fraction of sp³-hybridized carbons (Fsp3) is 0.188. The third kappa shape index (κ3) is 3.80. The molecule has 0 aliphatic heterocycles. The average molecular weight is 344 g/mol. The summed E-state index contributed by atoms with van der Waals surface area (Å²) in [6, 6.07) is 13.4. The minimum absolute atomic E-state index is 0.0869. The maximum absolute atomic E-state index is 12.5. The summed E-state index contributed by atoms with van der Waals surface area (Å²) in [4.78, 5) is 18.0. The van der Waals surface area contributed by atoms with E-state index in [1.807, 2.05) is 61.7 Å². The number of thioether (sulfide) groups is 1. The predicted molar refractivity (Wildman–Crippen MR) is 94.7 cm³/mol. The van der Waals surface area contributed by atoms with Crippen molar-refractivity contribution in [1.29, 1.82) is 0 Å². The molecule has 0 spiro atoms. The standard InChI is InChI=1S/C16H16N4OS2/c1-16(2,14(21)17-11-7-4-3-5-8-11)23-15-18-13(19-20-15)12-9-6-10-22-12/h3-10H,1-2H3,(H,17,21)(H,18,19,20). The highest BCUT2D eigenvalue weighted by Gasteiger charge is 2.31. The third-order valence-corrected chi connectivity index (χ3v) is 5.08. The van der Waals surface area contributed by atoms with Crippen LogP contribution in [0, 0.1) is 0 Å². The number of carbonyl (C=O) groups excluding carboxylic acids is 1. The maximum atomic E-state index is 12.5. The molecule has 0 atom stereocenters. The van der Waals surface area contributed by atoms with Gasteiger partial charge < -0.3 is 5.32 Å². The van der Waals surface area contributed by atoms with E-state index in [1.165, 1.54) is 11.8 Å². The number of thiophene rings is 1. The van der Waals surface area contributed by atoms with Gasteiger partial charge in [-0.3, -0.25) is 9.89 Å². The van der Waals surface area contributed by atoms with Gasteiger partial charge in [0.1, 0.15) is 0 Å². The van der Waals surface area contributed by atoms with Crippen molar-refractivity contribution in [3.8, 4) is 10.7 Å². The number of H-pyrrole nitrogens is 1. The number of hydrogen-bond acceptors (Lipinski definition) is 5. The van der Waals surface area contributed by atoms with Crippen molar-refractivity contribution in [3.63, 3.8) is 0 Å². The van der Waals surface area contributed by atoms with E-state index in [0.29, 0.717) is 5.16 Å². The van der Waals surface area contributed by atoms with Crippen LogP contribution in [0.2, 0.25) is 0 Å². The molecule has 2 N–H and O–H groups in total. The van der Waals surface area contributed by atoms with E-state index >= 15 is 0 Å². The molecule has 0 saturated carbocycles. The molecule has 0 saturated heterocycles. The molecule has 3 rings (SSSR count). The Kier molecular flexibility index (Phi) is 4.49. The Morgan fingerprint density at radius 3 is 2.70 bits per heavy atom. The molecule has 118 valence electrons. The first-order chi connectivity index (χ1) is 11.0. The third-order valence-electron chi connectivity index (χ3n) is 3.14. The van der Waals surface area contributed by atoms with Crippen LogP contribution in [0.25, 0.3) is 10.7 Å².